The van der Waals surface area contributed by atoms with E-state index < -0.39 is 5.82 Å². The van der Waals surface area contributed by atoms with Crippen LogP contribution in [0.25, 0.3) is 11.8 Å². The number of halogens is 1. The fourth-order valence-electron chi connectivity index (χ4n) is 4.25. The third-order valence-electron chi connectivity index (χ3n) is 6.42. The summed E-state index contributed by atoms with van der Waals surface area (Å²) in [6.45, 7) is 6.43. The van der Waals surface area contributed by atoms with Gasteiger partial charge in [0, 0.05) is 36.3 Å². The number of pyridine rings is 1. The molecule has 1 aromatic carbocycles. The van der Waals surface area contributed by atoms with Gasteiger partial charge in [0.1, 0.15) is 17.3 Å². The van der Waals surface area contributed by atoms with Gasteiger partial charge in [-0.05, 0) is 69.9 Å². The first-order valence-electron chi connectivity index (χ1n) is 11.9. The van der Waals surface area contributed by atoms with Crippen LogP contribution in [0.2, 0.25) is 0 Å². The zero-order valence-electron chi connectivity index (χ0n) is 20.4. The van der Waals surface area contributed by atoms with Crippen LogP contribution in [0.3, 0.4) is 0 Å². The minimum absolute atomic E-state index is 0.288. The van der Waals surface area contributed by atoms with Crippen LogP contribution in [0.4, 0.5) is 21.6 Å². The average Bonchev–Trinajstić information content (AvgIpc) is 3.35. The molecule has 3 aromatic rings. The van der Waals surface area contributed by atoms with Crippen LogP contribution in [0, 0.1) is 17.7 Å². The Morgan fingerprint density at radius 1 is 1.23 bits per heavy atom. The highest BCUT2D eigenvalue weighted by Gasteiger charge is 2.21. The molecule has 1 fully saturated rings. The van der Waals surface area contributed by atoms with Crippen LogP contribution >= 0.6 is 0 Å². The van der Waals surface area contributed by atoms with Crippen LogP contribution in [0.5, 0.6) is 0 Å². The summed E-state index contributed by atoms with van der Waals surface area (Å²) in [5.74, 6) is 1.06. The summed E-state index contributed by atoms with van der Waals surface area (Å²) in [5, 5.41) is 7.15. The highest BCUT2D eigenvalue weighted by atomic mass is 19.1. The first-order valence-corrected chi connectivity index (χ1v) is 11.9. The topological polar surface area (TPSA) is 75.4 Å². The molecule has 1 aliphatic rings. The van der Waals surface area contributed by atoms with Gasteiger partial charge in [-0.15, -0.1) is 0 Å². The van der Waals surface area contributed by atoms with Crippen molar-refractivity contribution in [3.63, 3.8) is 0 Å². The maximum absolute atomic E-state index is 14.9. The van der Waals surface area contributed by atoms with E-state index in [9.17, 15) is 9.18 Å². The lowest BCUT2D eigenvalue weighted by molar-refractivity contribution is 0.111. The summed E-state index contributed by atoms with van der Waals surface area (Å²) in [5.41, 5.74) is 2.79. The van der Waals surface area contributed by atoms with E-state index in [4.69, 9.17) is 4.99 Å². The molecule has 3 heterocycles. The Bertz CT molecular complexity index is 1230. The number of aliphatic imine (C=N–C) groups is 1. The average molecular weight is 475 g/mol. The number of allylic oxidation sites excluding steroid dienone is 1. The predicted octanol–water partition coefficient (Wildman–Crippen LogP) is 5.68. The zero-order chi connectivity index (χ0) is 24.8. The van der Waals surface area contributed by atoms with E-state index in [2.05, 4.69) is 34.3 Å². The molecular formula is C27H31FN6O. The number of carbonyl (C=O) groups is 1. The molecule has 1 aliphatic heterocycles. The van der Waals surface area contributed by atoms with Crippen molar-refractivity contribution in [2.75, 3.05) is 25.5 Å². The normalized spacial score (nSPS) is 16.2. The number of hydrogen-bond acceptors (Lipinski definition) is 6. The molecule has 1 atom stereocenters. The number of likely N-dealkylation sites (tertiary alicyclic amines) is 1. The number of carbonyl (C=O) groups excluding carboxylic acids is 1. The summed E-state index contributed by atoms with van der Waals surface area (Å²) < 4.78 is 16.3. The number of anilines is 2. The molecule has 0 bridgehead atoms. The van der Waals surface area contributed by atoms with E-state index in [0.29, 0.717) is 29.6 Å². The van der Waals surface area contributed by atoms with Crippen molar-refractivity contribution in [3.05, 3.63) is 65.9 Å². The molecule has 8 heteroatoms. The molecule has 1 unspecified atom stereocenters. The van der Waals surface area contributed by atoms with E-state index >= 15 is 0 Å². The fourth-order valence-corrected chi connectivity index (χ4v) is 4.25. The summed E-state index contributed by atoms with van der Waals surface area (Å²) >= 11 is 0. The molecule has 182 valence electrons. The van der Waals surface area contributed by atoms with Crippen molar-refractivity contribution < 1.29 is 9.18 Å². The Hall–Kier alpha value is -3.65. The van der Waals surface area contributed by atoms with Gasteiger partial charge in [-0.3, -0.25) is 9.79 Å². The molecule has 4 rings (SSSR count). The number of aldehydes is 1. The first-order chi connectivity index (χ1) is 17.0. The molecule has 0 radical (unpaired) electrons. The molecule has 35 heavy (non-hydrogen) atoms. The third-order valence-corrected chi connectivity index (χ3v) is 6.42. The fraction of sp³-hybridized carbons (Fsp3) is 0.333. The summed E-state index contributed by atoms with van der Waals surface area (Å²) in [6, 6.07) is 8.12. The van der Waals surface area contributed by atoms with Crippen molar-refractivity contribution in [3.8, 4) is 5.69 Å². The Morgan fingerprint density at radius 3 is 2.71 bits per heavy atom. The number of nitrogens with zero attached hydrogens (tertiary/aromatic N) is 5. The Morgan fingerprint density at radius 2 is 2.03 bits per heavy atom. The second kappa shape index (κ2) is 11.2. The molecule has 1 saturated heterocycles. The van der Waals surface area contributed by atoms with Gasteiger partial charge in [0.05, 0.1) is 17.1 Å². The molecule has 0 saturated carbocycles. The predicted molar refractivity (Wildman–Crippen MR) is 139 cm³/mol. The summed E-state index contributed by atoms with van der Waals surface area (Å²) in [4.78, 5) is 22.5. The Kier molecular flexibility index (Phi) is 7.82. The van der Waals surface area contributed by atoms with Gasteiger partial charge in [-0.1, -0.05) is 19.1 Å². The lowest BCUT2D eigenvalue weighted by atomic mass is 9.86. The second-order valence-corrected chi connectivity index (χ2v) is 9.00. The van der Waals surface area contributed by atoms with Crippen molar-refractivity contribution >= 4 is 35.8 Å². The molecule has 7 nitrogen and oxygen atoms in total. The van der Waals surface area contributed by atoms with E-state index in [-0.39, 0.29) is 11.4 Å². The van der Waals surface area contributed by atoms with Crippen LogP contribution in [0.1, 0.15) is 42.7 Å². The number of rotatable bonds is 8. The third kappa shape index (κ3) is 6.08. The SMILES string of the molecule is C/C=C\c1cnc(Nc2ccc(-n3ccc(C=O)n3)cc2F)cc1N=CC(C)C1CCN(C)CC1. The summed E-state index contributed by atoms with van der Waals surface area (Å²) in [7, 11) is 2.17. The Balaban J connectivity index is 1.52. The van der Waals surface area contributed by atoms with Gasteiger partial charge in [-0.2, -0.15) is 5.10 Å². The summed E-state index contributed by atoms with van der Waals surface area (Å²) in [6.07, 6.45) is 12.3. The zero-order valence-corrected chi connectivity index (χ0v) is 20.4. The molecule has 0 aliphatic carbocycles. The number of benzene rings is 1. The van der Waals surface area contributed by atoms with Crippen molar-refractivity contribution in [1.82, 2.24) is 19.7 Å². The molecule has 0 spiro atoms. The lowest BCUT2D eigenvalue weighted by Crippen LogP contribution is -2.33. The van der Waals surface area contributed by atoms with Crippen molar-refractivity contribution in [2.45, 2.75) is 26.7 Å². The second-order valence-electron chi connectivity index (χ2n) is 9.00. The number of hydrogen-bond donors (Lipinski definition) is 1. The maximum atomic E-state index is 14.9. The maximum Gasteiger partial charge on any atom is 0.170 e. The van der Waals surface area contributed by atoms with Crippen molar-refractivity contribution in [1.29, 1.82) is 0 Å². The molecular weight excluding hydrogens is 443 g/mol. The van der Waals surface area contributed by atoms with E-state index in [1.807, 2.05) is 31.4 Å². The van der Waals surface area contributed by atoms with Gasteiger partial charge in [-0.25, -0.2) is 14.1 Å². The van der Waals surface area contributed by atoms with Gasteiger partial charge >= 0.3 is 0 Å². The Labute approximate surface area is 205 Å². The minimum atomic E-state index is -0.453. The highest BCUT2D eigenvalue weighted by molar-refractivity contribution is 5.74. The van der Waals surface area contributed by atoms with Crippen LogP contribution in [-0.4, -0.2) is 52.3 Å². The van der Waals surface area contributed by atoms with Gasteiger partial charge in [0.25, 0.3) is 0 Å². The molecule has 1 N–H and O–H groups in total. The molecule has 0 amide bonds. The van der Waals surface area contributed by atoms with Gasteiger partial charge < -0.3 is 10.2 Å². The van der Waals surface area contributed by atoms with Gasteiger partial charge in [0.15, 0.2) is 6.29 Å². The van der Waals surface area contributed by atoms with E-state index in [1.54, 1.807) is 30.6 Å². The van der Waals surface area contributed by atoms with Crippen LogP contribution < -0.4 is 5.32 Å². The van der Waals surface area contributed by atoms with E-state index in [0.717, 1.165) is 24.3 Å². The monoisotopic (exact) mass is 474 g/mol. The largest absolute Gasteiger partial charge is 0.338 e. The highest BCUT2D eigenvalue weighted by Crippen LogP contribution is 2.28. The molecule has 2 aromatic heterocycles. The number of aromatic nitrogens is 3. The lowest BCUT2D eigenvalue weighted by Gasteiger charge is -2.31. The number of nitrogens with one attached hydrogen (secondary N) is 1. The minimum Gasteiger partial charge on any atom is -0.338 e. The van der Waals surface area contributed by atoms with Crippen LogP contribution in [-0.2, 0) is 0 Å². The smallest absolute Gasteiger partial charge is 0.170 e. The quantitative estimate of drug-likeness (QED) is 0.336. The number of piperidine rings is 1. The standard InChI is InChI=1S/C27H31FN6O/c1-4-5-21-17-30-27(15-26(21)29-16-19(2)20-8-11-33(3)12-9-20)31-25-7-6-23(14-24(25)28)34-13-10-22(18-35)32-34/h4-7,10,13-20H,8-9,11-12H2,1-3H3,(H,30,31)/b5-4-,29-16?. The van der Waals surface area contributed by atoms with Crippen molar-refractivity contribution in [2.24, 2.45) is 16.8 Å². The van der Waals surface area contributed by atoms with Crippen LogP contribution in [0.15, 0.2) is 53.8 Å². The van der Waals surface area contributed by atoms with Gasteiger partial charge in [0.2, 0.25) is 0 Å². The first kappa shape index (κ1) is 24.5. The van der Waals surface area contributed by atoms with E-state index in [1.165, 1.54) is 23.6 Å².